The summed E-state index contributed by atoms with van der Waals surface area (Å²) < 4.78 is 307. The number of hydrogen-bond donors (Lipinski definition) is 0. The zero-order chi connectivity index (χ0) is 60.1. The van der Waals surface area contributed by atoms with Crippen LogP contribution in [0, 0.1) is 11.7 Å². The van der Waals surface area contributed by atoms with Crippen molar-refractivity contribution < 1.29 is 62.1 Å². The van der Waals surface area contributed by atoms with Gasteiger partial charge < -0.3 is 14.4 Å². The average molecular weight is 710 g/mol. The summed E-state index contributed by atoms with van der Waals surface area (Å²) in [4.78, 5) is 31.7. The minimum Gasteiger partial charge on any atom is -0.336 e. The van der Waals surface area contributed by atoms with Crippen molar-refractivity contribution in [3.05, 3.63) is 117 Å². The third kappa shape index (κ3) is 8.73. The predicted octanol–water partition coefficient (Wildman–Crippen LogP) is 7.47. The lowest BCUT2D eigenvalue weighted by Crippen LogP contribution is -2.40. The highest BCUT2D eigenvalue weighted by Gasteiger charge is 2.30. The molecule has 4 aromatic rings. The van der Waals surface area contributed by atoms with Crippen molar-refractivity contribution in [3.63, 3.8) is 0 Å². The van der Waals surface area contributed by atoms with Gasteiger partial charge in [0, 0.05) is 54.3 Å². The smallest absolute Gasteiger partial charge is 0.336 e. The van der Waals surface area contributed by atoms with Gasteiger partial charge in [-0.3, -0.25) is 9.59 Å². The van der Waals surface area contributed by atoms with Crippen LogP contribution in [0.15, 0.2) is 82.5 Å². The number of benzene rings is 3. The molecular formula is C37H40F4N4O2S. The number of thioether (sulfide) groups is 1. The first-order valence-electron chi connectivity index (χ1n) is 27.7. The minimum atomic E-state index is -5.52. The molecule has 3 aromatic carbocycles. The maximum absolute atomic E-state index is 15.5. The van der Waals surface area contributed by atoms with Crippen LogP contribution in [0.25, 0.3) is 11.1 Å². The van der Waals surface area contributed by atoms with Crippen LogP contribution < -0.4 is 5.56 Å². The Morgan fingerprint density at radius 1 is 1.00 bits per heavy atom. The highest BCUT2D eigenvalue weighted by Crippen LogP contribution is 2.32. The van der Waals surface area contributed by atoms with Crippen LogP contribution in [-0.2, 0) is 42.5 Å². The van der Waals surface area contributed by atoms with Crippen LogP contribution in [-0.4, -0.2) is 51.2 Å². The van der Waals surface area contributed by atoms with E-state index in [1.807, 2.05) is 0 Å². The van der Waals surface area contributed by atoms with Gasteiger partial charge in [0.15, 0.2) is 5.16 Å². The average Bonchev–Trinajstić information content (AvgIpc) is 3.35. The van der Waals surface area contributed by atoms with E-state index in [1.165, 1.54) is 0 Å². The Balaban J connectivity index is 1.97. The number of aromatic nitrogens is 2. The molecule has 0 radical (unpaired) electrons. The standard InChI is InChI=1S/C37H40F4N4O2S/c1-4-43(5-2)18-19-44(22-26-6-10-28(11-7-26)29-12-14-30(15-13-29)37(39,40)41)34(46)23-45-33-21-25(3)20-32(33)35(47)42-36(45)48-24-27-8-16-31(38)17-9-27/h6-17,25H,4-5,18-24H2,1-3H3/i4D2,5D2,6D,7D,8D,9D,10D,11D,12D,13D,14D,15D,16D,17D,18D2,19D2,20D2,21D2,23D2,24D2,25D. The largest absolute Gasteiger partial charge is 0.416 e. The van der Waals surface area contributed by atoms with Gasteiger partial charge in [-0.1, -0.05) is 80.9 Å². The van der Waals surface area contributed by atoms with E-state index in [0.717, 1.165) is 0 Å². The van der Waals surface area contributed by atoms with Crippen molar-refractivity contribution in [2.24, 2.45) is 5.89 Å². The van der Waals surface area contributed by atoms with Gasteiger partial charge in [0.25, 0.3) is 5.56 Å². The second kappa shape index (κ2) is 15.5. The number of alkyl halides is 3. The number of amides is 1. The van der Waals surface area contributed by atoms with E-state index in [1.54, 1.807) is 0 Å². The summed E-state index contributed by atoms with van der Waals surface area (Å²) >= 11 is -0.652. The lowest BCUT2D eigenvalue weighted by Gasteiger charge is -2.28. The summed E-state index contributed by atoms with van der Waals surface area (Å²) in [5, 5.41) is -1.65. The lowest BCUT2D eigenvalue weighted by atomic mass is 10.0. The molecule has 1 atom stereocenters. The molecular weight excluding hydrogens is 640 g/mol. The van der Waals surface area contributed by atoms with Crippen LogP contribution in [0.4, 0.5) is 17.6 Å². The molecule has 1 amide bonds. The molecule has 1 aromatic heterocycles. The minimum absolute atomic E-state index is 0.425. The van der Waals surface area contributed by atoms with Gasteiger partial charge in [0.2, 0.25) is 5.91 Å². The maximum atomic E-state index is 15.5. The zero-order valence-corrected chi connectivity index (χ0v) is 25.5. The summed E-state index contributed by atoms with van der Waals surface area (Å²) in [5.41, 5.74) is -16.2. The van der Waals surface area contributed by atoms with Crippen molar-refractivity contribution in [1.29, 1.82) is 0 Å². The molecule has 0 saturated carbocycles. The monoisotopic (exact) mass is 709 g/mol. The number of fused-ring (bicyclic) bond motifs is 1. The number of hydrogen-bond acceptors (Lipinski definition) is 5. The molecule has 11 heteroatoms. The number of rotatable bonds is 13. The number of likely N-dealkylation sites (N-methyl/N-ethyl adjacent to an activating group) is 1. The molecule has 1 heterocycles. The summed E-state index contributed by atoms with van der Waals surface area (Å²) in [6.07, 6.45) is -12.9. The Kier molecular flexibility index (Phi) is 4.44. The van der Waals surface area contributed by atoms with Crippen LogP contribution in [0.2, 0.25) is 0 Å². The SMILES string of the molecule is [2H]c1c([2H])c(C([2H])([2H])Sc2nc(=O)c3c(n2C([2H])([2H])C(=O)N(Cc2c([2H])c([2H])c(-c4c([2H])c([2H])c(C(F)(F)F)c([2H])c4[2H])c([2H])c2[2H])C([2H])([2H])C([2H])([2H])N(C([2H])([2H])C)C([2H])([2H])C)C([2H])([2H])C([2H])(C)C3([2H])[2H])c([2H])c([2H])c1F. The predicted molar refractivity (Wildman–Crippen MR) is 181 cm³/mol. The molecule has 0 fully saturated rings. The van der Waals surface area contributed by atoms with Crippen molar-refractivity contribution in [2.75, 3.05) is 26.0 Å². The highest BCUT2D eigenvalue weighted by molar-refractivity contribution is 7.98. The highest BCUT2D eigenvalue weighted by atomic mass is 32.2. The molecule has 6 nitrogen and oxygen atoms in total. The molecule has 0 aliphatic heterocycles. The Bertz CT molecular complexity index is 3110. The molecule has 48 heavy (non-hydrogen) atoms. The molecule has 1 unspecified atom stereocenters. The first kappa shape index (κ1) is 13.7. The van der Waals surface area contributed by atoms with Gasteiger partial charge in [-0.15, -0.1) is 0 Å². The van der Waals surface area contributed by atoms with Crippen LogP contribution in [0.1, 0.15) is 88.5 Å². The number of nitrogens with zero attached hydrogens (tertiary/aromatic N) is 4. The Labute approximate surface area is 323 Å². The Hall–Kier alpha value is -3.96. The van der Waals surface area contributed by atoms with E-state index >= 15 is 4.79 Å². The van der Waals surface area contributed by atoms with Crippen LogP contribution >= 0.6 is 11.8 Å². The van der Waals surface area contributed by atoms with Gasteiger partial charge >= 0.3 is 6.18 Å². The fourth-order valence-electron chi connectivity index (χ4n) is 3.68. The summed E-state index contributed by atoms with van der Waals surface area (Å²) in [7, 11) is 0. The van der Waals surface area contributed by atoms with Crippen molar-refractivity contribution in [1.82, 2.24) is 19.4 Å². The second-order valence-corrected chi connectivity index (χ2v) is 9.91. The topological polar surface area (TPSA) is 58.4 Å². The van der Waals surface area contributed by atoms with E-state index in [4.69, 9.17) is 34.3 Å². The summed E-state index contributed by atoms with van der Waals surface area (Å²) in [6.45, 7) is -20.8. The Morgan fingerprint density at radius 3 is 2.21 bits per heavy atom. The first-order chi connectivity index (χ1) is 34.2. The lowest BCUT2D eigenvalue weighted by molar-refractivity contribution is -0.137. The first-order valence-corrected chi connectivity index (χ1v) is 14.0. The quantitative estimate of drug-likeness (QED) is 0.0820. The van der Waals surface area contributed by atoms with Gasteiger partial charge in [0.1, 0.15) is 12.3 Å². The van der Waals surface area contributed by atoms with Crippen molar-refractivity contribution in [3.8, 4) is 11.1 Å². The molecule has 0 bridgehead atoms. The molecule has 0 spiro atoms. The normalized spacial score (nSPS) is 28.5. The van der Waals surface area contributed by atoms with E-state index in [9.17, 15) is 27.8 Å². The van der Waals surface area contributed by atoms with Crippen LogP contribution in [0.3, 0.4) is 0 Å². The van der Waals surface area contributed by atoms with Gasteiger partial charge in [-0.2, -0.15) is 18.2 Å². The molecule has 5 rings (SSSR count). The second-order valence-electron chi connectivity index (χ2n) is 9.14. The van der Waals surface area contributed by atoms with Gasteiger partial charge in [0.05, 0.1) is 27.5 Å². The third-order valence-corrected chi connectivity index (χ3v) is 6.63. The third-order valence-electron chi connectivity index (χ3n) is 5.87. The fourth-order valence-corrected chi connectivity index (χ4v) is 4.33. The van der Waals surface area contributed by atoms with Gasteiger partial charge in [-0.05, 0) is 78.1 Å². The summed E-state index contributed by atoms with van der Waals surface area (Å²) in [6, 6.07) is -18.5. The summed E-state index contributed by atoms with van der Waals surface area (Å²) in [5.74, 6) is -7.79. The van der Waals surface area contributed by atoms with E-state index in [2.05, 4.69) is 4.98 Å². The maximum Gasteiger partial charge on any atom is 0.416 e. The van der Waals surface area contributed by atoms with Crippen molar-refractivity contribution >= 4 is 17.7 Å². The number of carbonyl (C=O) groups excluding carboxylic acids is 1. The number of halogens is 4. The molecule has 0 N–H and O–H groups in total. The van der Waals surface area contributed by atoms with E-state index < -0.39 is 230 Å². The van der Waals surface area contributed by atoms with E-state index in [-0.39, 0.29) is 0 Å². The molecule has 0 saturated heterocycles. The van der Waals surface area contributed by atoms with Crippen molar-refractivity contribution in [2.45, 2.75) is 63.6 Å². The fraction of sp³-hybridized carbons (Fsp3) is 0.378. The number of carbonyl (C=O) groups is 1. The zero-order valence-electron chi connectivity index (χ0n) is 53.7. The molecule has 1 aliphatic carbocycles. The molecule has 254 valence electrons. The molecule has 1 aliphatic rings. The Morgan fingerprint density at radius 2 is 1.60 bits per heavy atom. The van der Waals surface area contributed by atoms with Crippen LogP contribution in [0.5, 0.6) is 0 Å². The van der Waals surface area contributed by atoms with E-state index in [0.29, 0.717) is 20.8 Å². The van der Waals surface area contributed by atoms with Gasteiger partial charge in [-0.25, -0.2) is 4.39 Å².